The van der Waals surface area contributed by atoms with Gasteiger partial charge in [-0.15, -0.1) is 0 Å². The normalized spacial score (nSPS) is 16.2. The Morgan fingerprint density at radius 2 is 1.93 bits per heavy atom. The first-order valence-corrected chi connectivity index (χ1v) is 8.88. The molecule has 0 aromatic heterocycles. The molecule has 0 saturated heterocycles. The fraction of sp³-hybridized carbons (Fsp3) is 0.143. The first kappa shape index (κ1) is 18.7. The van der Waals surface area contributed by atoms with Crippen LogP contribution in [0.1, 0.15) is 18.5 Å². The summed E-state index contributed by atoms with van der Waals surface area (Å²) in [5.74, 6) is 0.983. The van der Waals surface area contributed by atoms with Crippen molar-refractivity contribution in [2.24, 2.45) is 0 Å². The van der Waals surface area contributed by atoms with E-state index in [0.717, 1.165) is 11.3 Å². The number of nitrogens with one attached hydrogen (secondary N) is 2. The van der Waals surface area contributed by atoms with Crippen LogP contribution in [-0.4, -0.2) is 17.7 Å². The van der Waals surface area contributed by atoms with E-state index in [0.29, 0.717) is 22.1 Å². The minimum atomic E-state index is -0.435. The molecule has 3 rings (SSSR count). The Balaban J connectivity index is 1.91. The van der Waals surface area contributed by atoms with E-state index in [2.05, 4.69) is 17.2 Å². The molecule has 0 amide bonds. The molecule has 1 aliphatic heterocycles. The van der Waals surface area contributed by atoms with Crippen LogP contribution in [-0.2, 0) is 9.53 Å². The second-order valence-corrected chi connectivity index (χ2v) is 6.35. The van der Waals surface area contributed by atoms with Crippen molar-refractivity contribution in [2.45, 2.75) is 13.0 Å². The summed E-state index contributed by atoms with van der Waals surface area (Å²) in [5.41, 5.74) is 1.98. The third-order valence-corrected chi connectivity index (χ3v) is 4.21. The Hall–Kier alpha value is -3.12. The molecule has 2 aromatic rings. The van der Waals surface area contributed by atoms with Crippen LogP contribution < -0.4 is 15.4 Å². The number of carbonyl (C=O) groups is 1. The summed E-state index contributed by atoms with van der Waals surface area (Å²) in [7, 11) is 0. The molecule has 0 aliphatic carbocycles. The van der Waals surface area contributed by atoms with E-state index in [1.54, 1.807) is 6.92 Å². The van der Waals surface area contributed by atoms with Crippen LogP contribution >= 0.6 is 12.2 Å². The Labute approximate surface area is 163 Å². The first-order valence-electron chi connectivity index (χ1n) is 8.47. The van der Waals surface area contributed by atoms with E-state index in [1.165, 1.54) is 6.08 Å². The highest BCUT2D eigenvalue weighted by atomic mass is 32.1. The van der Waals surface area contributed by atoms with Gasteiger partial charge in [-0.1, -0.05) is 43.0 Å². The highest BCUT2D eigenvalue weighted by Crippen LogP contribution is 2.31. The minimum absolute atomic E-state index is 0.143. The smallest absolute Gasteiger partial charge is 0.338 e. The van der Waals surface area contributed by atoms with Gasteiger partial charge in [0.1, 0.15) is 18.1 Å². The molecule has 6 heteroatoms. The molecule has 0 fully saturated rings. The summed E-state index contributed by atoms with van der Waals surface area (Å²) in [5, 5.41) is 6.58. The molecule has 0 spiro atoms. The number of hydrogen-bond acceptors (Lipinski definition) is 4. The van der Waals surface area contributed by atoms with Gasteiger partial charge in [0.2, 0.25) is 0 Å². The van der Waals surface area contributed by atoms with Gasteiger partial charge in [-0.2, -0.15) is 0 Å². The largest absolute Gasteiger partial charge is 0.458 e. The van der Waals surface area contributed by atoms with Gasteiger partial charge in [-0.3, -0.25) is 0 Å². The van der Waals surface area contributed by atoms with Gasteiger partial charge in [-0.05, 0) is 49.0 Å². The number of hydrogen-bond donors (Lipinski definition) is 2. The number of rotatable bonds is 6. The third-order valence-electron chi connectivity index (χ3n) is 3.99. The fourth-order valence-electron chi connectivity index (χ4n) is 2.81. The number of ether oxygens (including phenoxy) is 2. The monoisotopic (exact) mass is 380 g/mol. The molecule has 5 nitrogen and oxygen atoms in total. The van der Waals surface area contributed by atoms with Gasteiger partial charge in [-0.25, -0.2) is 4.79 Å². The summed E-state index contributed by atoms with van der Waals surface area (Å²) < 4.78 is 11.1. The van der Waals surface area contributed by atoms with Crippen LogP contribution in [0, 0.1) is 0 Å². The van der Waals surface area contributed by atoms with Gasteiger partial charge >= 0.3 is 5.97 Å². The fourth-order valence-corrected chi connectivity index (χ4v) is 3.08. The van der Waals surface area contributed by atoms with E-state index < -0.39 is 12.0 Å². The summed E-state index contributed by atoms with van der Waals surface area (Å²) in [4.78, 5) is 12.6. The predicted molar refractivity (Wildman–Crippen MR) is 108 cm³/mol. The van der Waals surface area contributed by atoms with Crippen molar-refractivity contribution in [2.75, 3.05) is 6.61 Å². The molecular weight excluding hydrogens is 360 g/mol. The molecule has 1 heterocycles. The maximum Gasteiger partial charge on any atom is 0.338 e. The van der Waals surface area contributed by atoms with E-state index >= 15 is 0 Å². The van der Waals surface area contributed by atoms with Crippen molar-refractivity contribution in [3.8, 4) is 11.5 Å². The Morgan fingerprint density at radius 3 is 2.67 bits per heavy atom. The van der Waals surface area contributed by atoms with Gasteiger partial charge in [0.25, 0.3) is 0 Å². The molecular formula is C21H20N2O3S. The minimum Gasteiger partial charge on any atom is -0.458 e. The molecule has 27 heavy (non-hydrogen) atoms. The van der Waals surface area contributed by atoms with Crippen molar-refractivity contribution in [3.05, 3.63) is 84.1 Å². The van der Waals surface area contributed by atoms with Crippen LogP contribution in [0.5, 0.6) is 11.5 Å². The molecule has 2 N–H and O–H groups in total. The van der Waals surface area contributed by atoms with Crippen LogP contribution in [0.2, 0.25) is 0 Å². The van der Waals surface area contributed by atoms with E-state index in [1.807, 2.05) is 54.6 Å². The van der Waals surface area contributed by atoms with Gasteiger partial charge in [0.15, 0.2) is 5.11 Å². The van der Waals surface area contributed by atoms with Crippen molar-refractivity contribution >= 4 is 23.3 Å². The number of allylic oxidation sites excluding steroid dienone is 1. The lowest BCUT2D eigenvalue weighted by molar-refractivity contribution is -0.138. The zero-order chi connectivity index (χ0) is 19.2. The highest BCUT2D eigenvalue weighted by molar-refractivity contribution is 7.80. The third kappa shape index (κ3) is 4.54. The van der Waals surface area contributed by atoms with Gasteiger partial charge < -0.3 is 20.1 Å². The average Bonchev–Trinajstić information content (AvgIpc) is 2.66. The summed E-state index contributed by atoms with van der Waals surface area (Å²) >= 11 is 5.27. The van der Waals surface area contributed by atoms with E-state index in [4.69, 9.17) is 21.7 Å². The topological polar surface area (TPSA) is 59.6 Å². The lowest BCUT2D eigenvalue weighted by atomic mass is 9.95. The Bertz CT molecular complexity index is 893. The molecule has 138 valence electrons. The second-order valence-electron chi connectivity index (χ2n) is 5.94. The standard InChI is InChI=1S/C21H20N2O3S/c1-3-12-25-20(24)18-14(2)22-21(27)23-19(18)15-8-7-11-17(13-15)26-16-9-5-4-6-10-16/h3-11,13,19H,1,12H2,2H3,(H2,22,23,27)/t19-/m0/s1. The van der Waals surface area contributed by atoms with Crippen LogP contribution in [0.15, 0.2) is 78.5 Å². The van der Waals surface area contributed by atoms with Crippen LogP contribution in [0.25, 0.3) is 0 Å². The molecule has 1 atom stereocenters. The average molecular weight is 380 g/mol. The summed E-state index contributed by atoms with van der Waals surface area (Å²) in [6.45, 7) is 5.52. The lowest BCUT2D eigenvalue weighted by Crippen LogP contribution is -2.45. The number of esters is 1. The number of carbonyl (C=O) groups excluding carboxylic acids is 1. The SMILES string of the molecule is C=CCOC(=O)C1=C(C)NC(=S)N[C@H]1c1cccc(Oc2ccccc2)c1. The zero-order valence-electron chi connectivity index (χ0n) is 14.9. The van der Waals surface area contributed by atoms with Crippen molar-refractivity contribution in [3.63, 3.8) is 0 Å². The molecule has 0 unspecified atom stereocenters. The molecule has 1 aliphatic rings. The Kier molecular flexibility index (Phi) is 5.88. The number of thiocarbonyl (C=S) groups is 1. The first-order chi connectivity index (χ1) is 13.1. The molecule has 2 aromatic carbocycles. The summed E-state index contributed by atoms with van der Waals surface area (Å²) in [6.07, 6.45) is 1.53. The zero-order valence-corrected chi connectivity index (χ0v) is 15.7. The number of para-hydroxylation sites is 1. The van der Waals surface area contributed by atoms with Crippen LogP contribution in [0.3, 0.4) is 0 Å². The van der Waals surface area contributed by atoms with Crippen molar-refractivity contribution in [1.29, 1.82) is 0 Å². The molecule has 0 saturated carbocycles. The van der Waals surface area contributed by atoms with E-state index in [-0.39, 0.29) is 6.61 Å². The van der Waals surface area contributed by atoms with E-state index in [9.17, 15) is 4.79 Å². The van der Waals surface area contributed by atoms with Crippen molar-refractivity contribution < 1.29 is 14.3 Å². The van der Waals surface area contributed by atoms with Crippen LogP contribution in [0.4, 0.5) is 0 Å². The molecule has 0 bridgehead atoms. The summed E-state index contributed by atoms with van der Waals surface area (Å²) in [6, 6.07) is 16.6. The van der Waals surface area contributed by atoms with Gasteiger partial charge in [0.05, 0.1) is 11.6 Å². The quantitative estimate of drug-likeness (QED) is 0.449. The number of benzene rings is 2. The van der Waals surface area contributed by atoms with Gasteiger partial charge in [0, 0.05) is 5.70 Å². The maximum atomic E-state index is 12.6. The van der Waals surface area contributed by atoms with Crippen molar-refractivity contribution in [1.82, 2.24) is 10.6 Å². The Morgan fingerprint density at radius 1 is 1.19 bits per heavy atom. The maximum absolute atomic E-state index is 12.6. The highest BCUT2D eigenvalue weighted by Gasteiger charge is 2.31. The second kappa shape index (κ2) is 8.51. The molecule has 0 radical (unpaired) electrons. The lowest BCUT2D eigenvalue weighted by Gasteiger charge is -2.30. The predicted octanol–water partition coefficient (Wildman–Crippen LogP) is 4.00.